The molecule has 0 bridgehead atoms. The van der Waals surface area contributed by atoms with Crippen molar-refractivity contribution in [1.29, 1.82) is 0 Å². The fraction of sp³-hybridized carbons (Fsp3) is 0.192. The molecular weight excluding hydrogens is 432 g/mol. The van der Waals surface area contributed by atoms with E-state index in [1.54, 1.807) is 29.7 Å². The molecule has 0 spiro atoms. The van der Waals surface area contributed by atoms with Crippen molar-refractivity contribution in [1.82, 2.24) is 9.97 Å². The molecule has 0 fully saturated rings. The van der Waals surface area contributed by atoms with E-state index in [4.69, 9.17) is 4.98 Å². The van der Waals surface area contributed by atoms with Crippen molar-refractivity contribution in [2.24, 2.45) is 0 Å². The summed E-state index contributed by atoms with van der Waals surface area (Å²) in [5.74, 6) is 0.643. The molecule has 4 heterocycles. The van der Waals surface area contributed by atoms with Crippen LogP contribution in [0.25, 0.3) is 10.6 Å². The van der Waals surface area contributed by atoms with Gasteiger partial charge in [-0.2, -0.15) is 0 Å². The molecular formula is C26H24N4O2S. The van der Waals surface area contributed by atoms with E-state index in [-0.39, 0.29) is 0 Å². The SMILES string of the molecule is Cc1ccnc(Nc2cccc(-c3ccc(CN4CCCc5ccc(C(=O)O)cc54)s3)n2)c1. The third-order valence-electron chi connectivity index (χ3n) is 5.73. The summed E-state index contributed by atoms with van der Waals surface area (Å²) in [6.45, 7) is 3.71. The van der Waals surface area contributed by atoms with Gasteiger partial charge in [0.25, 0.3) is 0 Å². The summed E-state index contributed by atoms with van der Waals surface area (Å²) in [6, 6.07) is 19.6. The number of thiophene rings is 1. The average Bonchev–Trinajstić information content (AvgIpc) is 3.28. The zero-order chi connectivity index (χ0) is 22.8. The van der Waals surface area contributed by atoms with Crippen molar-refractivity contribution in [3.05, 3.63) is 88.4 Å². The van der Waals surface area contributed by atoms with Crippen LogP contribution in [0.4, 0.5) is 17.3 Å². The minimum Gasteiger partial charge on any atom is -0.478 e. The zero-order valence-corrected chi connectivity index (χ0v) is 19.1. The molecule has 0 amide bonds. The number of nitrogens with zero attached hydrogens (tertiary/aromatic N) is 3. The number of aromatic nitrogens is 2. The van der Waals surface area contributed by atoms with Gasteiger partial charge in [0.15, 0.2) is 0 Å². The number of pyridine rings is 2. The number of anilines is 3. The lowest BCUT2D eigenvalue weighted by Gasteiger charge is -2.31. The van der Waals surface area contributed by atoms with E-state index in [2.05, 4.69) is 27.3 Å². The van der Waals surface area contributed by atoms with E-state index < -0.39 is 5.97 Å². The third kappa shape index (κ3) is 4.73. The number of carboxylic acid groups (broad SMARTS) is 1. The van der Waals surface area contributed by atoms with Crippen LogP contribution in [0.15, 0.2) is 66.9 Å². The van der Waals surface area contributed by atoms with Gasteiger partial charge < -0.3 is 15.3 Å². The molecule has 4 aromatic rings. The molecule has 3 aromatic heterocycles. The minimum absolute atomic E-state index is 0.337. The highest BCUT2D eigenvalue weighted by atomic mass is 32.1. The molecule has 0 radical (unpaired) electrons. The maximum Gasteiger partial charge on any atom is 0.335 e. The molecule has 1 aromatic carbocycles. The summed E-state index contributed by atoms with van der Waals surface area (Å²) in [6.07, 6.45) is 3.84. The van der Waals surface area contributed by atoms with E-state index >= 15 is 0 Å². The molecule has 0 aliphatic carbocycles. The fourth-order valence-corrected chi connectivity index (χ4v) is 5.11. The van der Waals surface area contributed by atoms with Crippen molar-refractivity contribution in [2.45, 2.75) is 26.3 Å². The molecule has 1 aliphatic heterocycles. The summed E-state index contributed by atoms with van der Waals surface area (Å²) in [5.41, 5.74) is 4.64. The maximum atomic E-state index is 11.4. The van der Waals surface area contributed by atoms with Crippen LogP contribution in [-0.4, -0.2) is 27.6 Å². The Morgan fingerprint density at radius 2 is 2.03 bits per heavy atom. The molecule has 6 nitrogen and oxygen atoms in total. The minimum atomic E-state index is -0.887. The lowest BCUT2D eigenvalue weighted by molar-refractivity contribution is 0.0697. The topological polar surface area (TPSA) is 78.4 Å². The molecule has 5 rings (SSSR count). The standard InChI is InChI=1S/C26H24N4O2S/c1-17-11-12-27-25(14-17)29-24-6-2-5-21(28-24)23-10-9-20(33-23)16-30-13-3-4-18-7-8-19(26(31)32)15-22(18)30/h2,5-12,14-15H,3-4,13,16H2,1H3,(H,31,32)(H,27,28,29). The molecule has 0 unspecified atom stereocenters. The maximum absolute atomic E-state index is 11.4. The Labute approximate surface area is 196 Å². The number of carbonyl (C=O) groups is 1. The molecule has 0 saturated heterocycles. The van der Waals surface area contributed by atoms with Crippen LogP contribution in [0.2, 0.25) is 0 Å². The van der Waals surface area contributed by atoms with Crippen LogP contribution >= 0.6 is 11.3 Å². The predicted octanol–water partition coefficient (Wildman–Crippen LogP) is 5.91. The van der Waals surface area contributed by atoms with Gasteiger partial charge in [0, 0.05) is 23.3 Å². The van der Waals surface area contributed by atoms with Crippen molar-refractivity contribution in [3.8, 4) is 10.6 Å². The number of aryl methyl sites for hydroxylation is 2. The number of carboxylic acids is 1. The Hall–Kier alpha value is -3.71. The summed E-state index contributed by atoms with van der Waals surface area (Å²) in [5, 5.41) is 12.7. The number of benzene rings is 1. The van der Waals surface area contributed by atoms with Gasteiger partial charge in [-0.3, -0.25) is 0 Å². The molecule has 1 aliphatic rings. The first kappa shape index (κ1) is 21.2. The monoisotopic (exact) mass is 456 g/mol. The Bertz CT molecular complexity index is 1320. The van der Waals surface area contributed by atoms with Gasteiger partial charge in [-0.1, -0.05) is 12.1 Å². The number of hydrogen-bond donors (Lipinski definition) is 2. The van der Waals surface area contributed by atoms with Crippen molar-refractivity contribution >= 4 is 34.6 Å². The van der Waals surface area contributed by atoms with Gasteiger partial charge in [0.2, 0.25) is 0 Å². The van der Waals surface area contributed by atoms with Gasteiger partial charge >= 0.3 is 5.97 Å². The summed E-state index contributed by atoms with van der Waals surface area (Å²) in [7, 11) is 0. The van der Waals surface area contributed by atoms with E-state index in [1.165, 1.54) is 10.4 Å². The lowest BCUT2D eigenvalue weighted by Crippen LogP contribution is -2.28. The zero-order valence-electron chi connectivity index (χ0n) is 18.3. The Morgan fingerprint density at radius 3 is 2.88 bits per heavy atom. The van der Waals surface area contributed by atoms with Gasteiger partial charge in [0.05, 0.1) is 22.7 Å². The second-order valence-corrected chi connectivity index (χ2v) is 9.36. The van der Waals surface area contributed by atoms with E-state index in [0.29, 0.717) is 5.56 Å². The van der Waals surface area contributed by atoms with Gasteiger partial charge in [-0.25, -0.2) is 14.8 Å². The van der Waals surface area contributed by atoms with Crippen LogP contribution in [0.3, 0.4) is 0 Å². The molecule has 0 saturated carbocycles. The quantitative estimate of drug-likeness (QED) is 0.376. The highest BCUT2D eigenvalue weighted by molar-refractivity contribution is 7.15. The van der Waals surface area contributed by atoms with Gasteiger partial charge in [-0.05, 0) is 79.4 Å². The highest BCUT2D eigenvalue weighted by Gasteiger charge is 2.20. The van der Waals surface area contributed by atoms with Crippen molar-refractivity contribution in [3.63, 3.8) is 0 Å². The van der Waals surface area contributed by atoms with E-state index in [1.807, 2.05) is 43.3 Å². The molecule has 33 heavy (non-hydrogen) atoms. The number of fused-ring (bicyclic) bond motifs is 1. The average molecular weight is 457 g/mol. The first-order valence-electron chi connectivity index (χ1n) is 10.9. The first-order valence-corrected chi connectivity index (χ1v) is 11.7. The van der Waals surface area contributed by atoms with E-state index in [9.17, 15) is 9.90 Å². The highest BCUT2D eigenvalue weighted by Crippen LogP contribution is 2.33. The van der Waals surface area contributed by atoms with Gasteiger partial charge in [-0.15, -0.1) is 11.3 Å². The van der Waals surface area contributed by atoms with Crippen LogP contribution < -0.4 is 10.2 Å². The molecule has 2 N–H and O–H groups in total. The Morgan fingerprint density at radius 1 is 1.12 bits per heavy atom. The van der Waals surface area contributed by atoms with Crippen molar-refractivity contribution < 1.29 is 9.90 Å². The molecule has 7 heteroatoms. The normalized spacial score (nSPS) is 12.9. The van der Waals surface area contributed by atoms with E-state index in [0.717, 1.165) is 59.4 Å². The van der Waals surface area contributed by atoms with Crippen molar-refractivity contribution in [2.75, 3.05) is 16.8 Å². The van der Waals surface area contributed by atoms with Crippen LogP contribution in [0.5, 0.6) is 0 Å². The predicted molar refractivity (Wildman–Crippen MR) is 133 cm³/mol. The third-order valence-corrected chi connectivity index (χ3v) is 6.82. The summed E-state index contributed by atoms with van der Waals surface area (Å²) < 4.78 is 0. The lowest BCUT2D eigenvalue weighted by atomic mass is 9.99. The number of hydrogen-bond acceptors (Lipinski definition) is 6. The summed E-state index contributed by atoms with van der Waals surface area (Å²) >= 11 is 1.72. The summed E-state index contributed by atoms with van der Waals surface area (Å²) in [4.78, 5) is 25.2. The molecule has 0 atom stereocenters. The first-order chi connectivity index (χ1) is 16.0. The Balaban J connectivity index is 1.35. The largest absolute Gasteiger partial charge is 0.478 e. The smallest absolute Gasteiger partial charge is 0.335 e. The Kier molecular flexibility index (Phi) is 5.79. The number of rotatable bonds is 6. The second-order valence-electron chi connectivity index (χ2n) is 8.19. The number of nitrogens with one attached hydrogen (secondary N) is 1. The molecule has 166 valence electrons. The number of aromatic carboxylic acids is 1. The second kappa shape index (κ2) is 9.03. The van der Waals surface area contributed by atoms with Crippen LogP contribution in [0.1, 0.15) is 32.8 Å². The van der Waals surface area contributed by atoms with Crippen LogP contribution in [0, 0.1) is 6.92 Å². The van der Waals surface area contributed by atoms with Crippen LogP contribution in [-0.2, 0) is 13.0 Å². The van der Waals surface area contributed by atoms with Gasteiger partial charge in [0.1, 0.15) is 11.6 Å². The fourth-order valence-electron chi connectivity index (χ4n) is 4.11.